The summed E-state index contributed by atoms with van der Waals surface area (Å²) in [6, 6.07) is 9.27. The van der Waals surface area contributed by atoms with E-state index < -0.39 is 35.2 Å². The van der Waals surface area contributed by atoms with Crippen LogP contribution in [-0.2, 0) is 20.9 Å². The Morgan fingerprint density at radius 2 is 1.79 bits per heavy atom. The van der Waals surface area contributed by atoms with Gasteiger partial charge < -0.3 is 19.5 Å². The minimum absolute atomic E-state index is 0.0745. The first-order chi connectivity index (χ1) is 13.1. The normalized spacial score (nSPS) is 20.6. The second kappa shape index (κ2) is 7.33. The summed E-state index contributed by atoms with van der Waals surface area (Å²) < 4.78 is 10.8. The van der Waals surface area contributed by atoms with Crippen LogP contribution in [0, 0.1) is 5.92 Å². The lowest BCUT2D eigenvalue weighted by Gasteiger charge is -2.51. The van der Waals surface area contributed by atoms with Gasteiger partial charge in [-0.25, -0.2) is 9.59 Å². The minimum atomic E-state index is -0.951. The monoisotopic (exact) mass is 390 g/mol. The van der Waals surface area contributed by atoms with Gasteiger partial charge in [-0.2, -0.15) is 0 Å². The van der Waals surface area contributed by atoms with E-state index in [0.717, 1.165) is 5.56 Å². The van der Waals surface area contributed by atoms with Crippen molar-refractivity contribution in [1.29, 1.82) is 0 Å². The summed E-state index contributed by atoms with van der Waals surface area (Å²) in [7, 11) is 0. The van der Waals surface area contributed by atoms with Crippen LogP contribution in [0.25, 0.3) is 0 Å². The van der Waals surface area contributed by atoms with E-state index in [9.17, 15) is 19.5 Å². The zero-order valence-corrected chi connectivity index (χ0v) is 16.4. The van der Waals surface area contributed by atoms with Crippen LogP contribution in [0.1, 0.15) is 32.8 Å². The van der Waals surface area contributed by atoms with E-state index in [0.29, 0.717) is 6.42 Å². The van der Waals surface area contributed by atoms with Crippen molar-refractivity contribution in [3.8, 4) is 0 Å². The molecule has 1 aromatic carbocycles. The maximum absolute atomic E-state index is 12.7. The lowest BCUT2D eigenvalue weighted by Crippen LogP contribution is -2.70. The number of carbonyl (C=O) groups is 3. The summed E-state index contributed by atoms with van der Waals surface area (Å²) >= 11 is 0. The summed E-state index contributed by atoms with van der Waals surface area (Å²) in [5.41, 5.74) is -0.482. The first-order valence-electron chi connectivity index (χ1n) is 9.29. The van der Waals surface area contributed by atoms with E-state index in [1.807, 2.05) is 30.3 Å². The summed E-state index contributed by atoms with van der Waals surface area (Å²) in [4.78, 5) is 39.4. The number of rotatable bonds is 3. The van der Waals surface area contributed by atoms with Crippen LogP contribution in [0.15, 0.2) is 30.3 Å². The molecule has 1 spiro atoms. The highest BCUT2D eigenvalue weighted by atomic mass is 16.6. The van der Waals surface area contributed by atoms with Crippen LogP contribution in [0.2, 0.25) is 0 Å². The predicted molar refractivity (Wildman–Crippen MR) is 99.6 cm³/mol. The van der Waals surface area contributed by atoms with E-state index in [2.05, 4.69) is 0 Å². The number of benzene rings is 1. The fraction of sp³-hybridized carbons (Fsp3) is 0.550. The van der Waals surface area contributed by atoms with Gasteiger partial charge in [-0.05, 0) is 32.8 Å². The van der Waals surface area contributed by atoms with Crippen molar-refractivity contribution >= 4 is 18.2 Å². The van der Waals surface area contributed by atoms with E-state index in [4.69, 9.17) is 9.47 Å². The highest BCUT2D eigenvalue weighted by molar-refractivity contribution is 5.77. The molecule has 3 rings (SSSR count). The molecule has 152 valence electrons. The van der Waals surface area contributed by atoms with Crippen LogP contribution in [0.4, 0.5) is 9.59 Å². The maximum atomic E-state index is 12.7. The van der Waals surface area contributed by atoms with Crippen molar-refractivity contribution in [3.05, 3.63) is 35.9 Å². The fourth-order valence-corrected chi connectivity index (χ4v) is 3.70. The average molecular weight is 390 g/mol. The van der Waals surface area contributed by atoms with Crippen molar-refractivity contribution in [1.82, 2.24) is 9.80 Å². The molecule has 0 bridgehead atoms. The molecular weight excluding hydrogens is 364 g/mol. The van der Waals surface area contributed by atoms with Gasteiger partial charge in [0.15, 0.2) is 0 Å². The van der Waals surface area contributed by atoms with Crippen LogP contribution in [0.5, 0.6) is 0 Å². The van der Waals surface area contributed by atoms with Crippen molar-refractivity contribution in [2.24, 2.45) is 5.92 Å². The van der Waals surface area contributed by atoms with Crippen LogP contribution in [0.3, 0.4) is 0 Å². The lowest BCUT2D eigenvalue weighted by molar-refractivity contribution is -0.141. The van der Waals surface area contributed by atoms with Gasteiger partial charge >= 0.3 is 18.2 Å². The highest BCUT2D eigenvalue weighted by Gasteiger charge is 2.59. The van der Waals surface area contributed by atoms with Gasteiger partial charge in [-0.3, -0.25) is 9.69 Å². The number of carboxylic acid groups (broad SMARTS) is 1. The van der Waals surface area contributed by atoms with Crippen LogP contribution < -0.4 is 0 Å². The number of carbonyl (C=O) groups excluding carboxylic acids is 2. The summed E-state index contributed by atoms with van der Waals surface area (Å²) in [5, 5.41) is 9.42. The Kier molecular flexibility index (Phi) is 5.23. The number of aliphatic carboxylic acids is 1. The molecule has 2 fully saturated rings. The lowest BCUT2D eigenvalue weighted by atomic mass is 9.85. The first kappa shape index (κ1) is 20.0. The second-order valence-corrected chi connectivity index (χ2v) is 8.45. The highest BCUT2D eigenvalue weighted by Crippen LogP contribution is 2.41. The van der Waals surface area contributed by atoms with Crippen LogP contribution in [-0.4, -0.2) is 63.8 Å². The van der Waals surface area contributed by atoms with E-state index in [-0.39, 0.29) is 26.2 Å². The molecule has 1 N–H and O–H groups in total. The zero-order chi connectivity index (χ0) is 20.5. The van der Waals surface area contributed by atoms with Crippen LogP contribution >= 0.6 is 0 Å². The molecule has 2 amide bonds. The topological polar surface area (TPSA) is 96.4 Å². The minimum Gasteiger partial charge on any atom is -0.481 e. The van der Waals surface area contributed by atoms with Gasteiger partial charge in [0.05, 0.1) is 11.5 Å². The van der Waals surface area contributed by atoms with E-state index in [1.54, 1.807) is 20.8 Å². The molecule has 8 nitrogen and oxygen atoms in total. The summed E-state index contributed by atoms with van der Waals surface area (Å²) in [6.45, 7) is 6.01. The molecule has 2 aliphatic heterocycles. The third-order valence-corrected chi connectivity index (χ3v) is 5.00. The Morgan fingerprint density at radius 3 is 2.36 bits per heavy atom. The SMILES string of the molecule is CC(C)(C)OC(=O)N1CC2(CC(C(=O)O)CN2C(=O)OCc2ccccc2)C1. The summed E-state index contributed by atoms with van der Waals surface area (Å²) in [6.07, 6.45) is -0.729. The van der Waals surface area contributed by atoms with Crippen molar-refractivity contribution in [3.63, 3.8) is 0 Å². The van der Waals surface area contributed by atoms with Gasteiger partial charge in [0, 0.05) is 19.6 Å². The molecule has 0 saturated carbocycles. The molecule has 1 unspecified atom stereocenters. The third kappa shape index (κ3) is 4.21. The number of nitrogens with zero attached hydrogens (tertiary/aromatic N) is 2. The molecule has 8 heteroatoms. The van der Waals surface area contributed by atoms with Gasteiger partial charge in [0.2, 0.25) is 0 Å². The molecule has 28 heavy (non-hydrogen) atoms. The number of hydrogen-bond acceptors (Lipinski definition) is 5. The zero-order valence-electron chi connectivity index (χ0n) is 16.4. The third-order valence-electron chi connectivity index (χ3n) is 5.00. The van der Waals surface area contributed by atoms with Gasteiger partial charge in [0.1, 0.15) is 12.2 Å². The fourth-order valence-electron chi connectivity index (χ4n) is 3.70. The number of amides is 2. The van der Waals surface area contributed by atoms with Gasteiger partial charge in [-0.15, -0.1) is 0 Å². The molecule has 1 atom stereocenters. The van der Waals surface area contributed by atoms with E-state index in [1.165, 1.54) is 9.80 Å². The van der Waals surface area contributed by atoms with Crippen molar-refractivity contribution in [2.75, 3.05) is 19.6 Å². The molecule has 0 aromatic heterocycles. The standard InChI is InChI=1S/C20H26N2O6/c1-19(2,3)28-17(25)21-12-20(13-21)9-15(16(23)24)10-22(20)18(26)27-11-14-7-5-4-6-8-14/h4-8,15H,9-13H2,1-3H3,(H,23,24). The predicted octanol–water partition coefficient (Wildman–Crippen LogP) is 2.72. The molecular formula is C20H26N2O6. The smallest absolute Gasteiger partial charge is 0.410 e. The molecule has 2 aliphatic rings. The Bertz CT molecular complexity index is 752. The first-order valence-corrected chi connectivity index (χ1v) is 9.29. The quantitative estimate of drug-likeness (QED) is 0.852. The largest absolute Gasteiger partial charge is 0.481 e. The molecule has 0 radical (unpaired) electrons. The Balaban J connectivity index is 1.66. The summed E-state index contributed by atoms with van der Waals surface area (Å²) in [5.74, 6) is -1.63. The number of hydrogen-bond donors (Lipinski definition) is 1. The van der Waals surface area contributed by atoms with Gasteiger partial charge in [-0.1, -0.05) is 30.3 Å². The average Bonchev–Trinajstić information content (AvgIpc) is 2.99. The molecule has 0 aliphatic carbocycles. The molecule has 2 heterocycles. The maximum Gasteiger partial charge on any atom is 0.410 e. The number of carboxylic acids is 1. The molecule has 1 aromatic rings. The molecule has 2 saturated heterocycles. The van der Waals surface area contributed by atoms with Crippen molar-refractivity contribution < 1.29 is 29.0 Å². The number of ether oxygens (including phenoxy) is 2. The second-order valence-electron chi connectivity index (χ2n) is 8.45. The van der Waals surface area contributed by atoms with Crippen molar-refractivity contribution in [2.45, 2.75) is 44.9 Å². The van der Waals surface area contributed by atoms with Gasteiger partial charge in [0.25, 0.3) is 0 Å². The van der Waals surface area contributed by atoms with E-state index >= 15 is 0 Å². The Hall–Kier alpha value is -2.77. The Morgan fingerprint density at radius 1 is 1.14 bits per heavy atom. The number of likely N-dealkylation sites (tertiary alicyclic amines) is 2. The Labute approximate surface area is 164 Å².